The number of nitriles is 1. The van der Waals surface area contributed by atoms with Crippen LogP contribution in [0.5, 0.6) is 0 Å². The van der Waals surface area contributed by atoms with E-state index < -0.39 is 5.97 Å². The summed E-state index contributed by atoms with van der Waals surface area (Å²) in [6.45, 7) is 4.35. The molecule has 3 rings (SSSR count). The highest BCUT2D eigenvalue weighted by Crippen LogP contribution is 2.18. The van der Waals surface area contributed by atoms with Crippen molar-refractivity contribution in [1.29, 1.82) is 5.26 Å². The number of thiophene rings is 1. The second kappa shape index (κ2) is 8.68. The van der Waals surface area contributed by atoms with Gasteiger partial charge in [0.25, 0.3) is 0 Å². The van der Waals surface area contributed by atoms with Crippen LogP contribution in [0.3, 0.4) is 0 Å². The summed E-state index contributed by atoms with van der Waals surface area (Å²) in [5.41, 5.74) is 3.08. The van der Waals surface area contributed by atoms with Crippen molar-refractivity contribution in [2.75, 3.05) is 6.61 Å². The van der Waals surface area contributed by atoms with Crippen LogP contribution in [0.4, 0.5) is 0 Å². The minimum Gasteiger partial charge on any atom is -0.454 e. The molecule has 0 saturated heterocycles. The quantitative estimate of drug-likeness (QED) is 0.443. The summed E-state index contributed by atoms with van der Waals surface area (Å²) in [6.07, 6.45) is 0.909. The Morgan fingerprint density at radius 3 is 2.71 bits per heavy atom. The summed E-state index contributed by atoms with van der Waals surface area (Å²) in [5, 5.41) is 11.0. The van der Waals surface area contributed by atoms with E-state index in [1.54, 1.807) is 29.5 Å². The van der Waals surface area contributed by atoms with Gasteiger partial charge in [-0.15, -0.1) is 11.3 Å². The van der Waals surface area contributed by atoms with Crippen LogP contribution in [0, 0.1) is 25.2 Å². The van der Waals surface area contributed by atoms with Crippen LogP contribution in [-0.4, -0.2) is 22.9 Å². The standard InChI is InChI=1S/C22H20N2O3S/c1-15-11-20(16(2)24(15)9-8-19-7-4-10-28-19)21(25)14-27-22(26)18-6-3-5-17(12-18)13-23/h3-7,10-12H,8-9,14H2,1-2H3. The van der Waals surface area contributed by atoms with Crippen molar-refractivity contribution in [2.24, 2.45) is 0 Å². The van der Waals surface area contributed by atoms with Gasteiger partial charge in [-0.25, -0.2) is 4.79 Å². The van der Waals surface area contributed by atoms with Crippen LogP contribution in [0.1, 0.15) is 42.5 Å². The second-order valence-electron chi connectivity index (χ2n) is 6.46. The van der Waals surface area contributed by atoms with Gasteiger partial charge in [0.05, 0.1) is 17.2 Å². The molecule has 2 heterocycles. The molecule has 0 spiro atoms. The van der Waals surface area contributed by atoms with Crippen molar-refractivity contribution in [2.45, 2.75) is 26.8 Å². The number of aryl methyl sites for hydroxylation is 2. The van der Waals surface area contributed by atoms with Crippen molar-refractivity contribution in [3.8, 4) is 6.07 Å². The molecular formula is C22H20N2O3S. The molecule has 2 aromatic heterocycles. The lowest BCUT2D eigenvalue weighted by Crippen LogP contribution is -2.15. The zero-order valence-electron chi connectivity index (χ0n) is 15.8. The topological polar surface area (TPSA) is 72.1 Å². The predicted molar refractivity (Wildman–Crippen MR) is 108 cm³/mol. The average Bonchev–Trinajstić information content (AvgIpc) is 3.32. The number of esters is 1. The zero-order chi connectivity index (χ0) is 20.1. The Labute approximate surface area is 167 Å². The van der Waals surface area contributed by atoms with Crippen LogP contribution in [0.2, 0.25) is 0 Å². The molecule has 5 nitrogen and oxygen atoms in total. The average molecular weight is 392 g/mol. The highest BCUT2D eigenvalue weighted by atomic mass is 32.1. The van der Waals surface area contributed by atoms with E-state index in [0.717, 1.165) is 24.4 Å². The molecule has 3 aromatic rings. The van der Waals surface area contributed by atoms with E-state index in [4.69, 9.17) is 10.00 Å². The Hall–Kier alpha value is -3.17. The molecule has 1 aromatic carbocycles. The fraction of sp³-hybridized carbons (Fsp3) is 0.227. The third-order valence-electron chi connectivity index (χ3n) is 4.60. The Morgan fingerprint density at radius 2 is 2.00 bits per heavy atom. The molecule has 142 valence electrons. The van der Waals surface area contributed by atoms with E-state index in [1.165, 1.54) is 10.9 Å². The molecule has 0 aliphatic rings. The van der Waals surface area contributed by atoms with E-state index in [1.807, 2.05) is 32.0 Å². The predicted octanol–water partition coefficient (Wildman–Crippen LogP) is 4.32. The Balaban J connectivity index is 1.65. The van der Waals surface area contributed by atoms with Gasteiger partial charge in [0, 0.05) is 28.4 Å². The number of ether oxygens (including phenoxy) is 1. The van der Waals surface area contributed by atoms with Crippen LogP contribution < -0.4 is 0 Å². The van der Waals surface area contributed by atoms with Gasteiger partial charge in [0.2, 0.25) is 5.78 Å². The van der Waals surface area contributed by atoms with Crippen LogP contribution in [0.15, 0.2) is 47.8 Å². The normalized spacial score (nSPS) is 10.5. The van der Waals surface area contributed by atoms with Crippen molar-refractivity contribution in [1.82, 2.24) is 4.57 Å². The first-order valence-corrected chi connectivity index (χ1v) is 9.77. The highest BCUT2D eigenvalue weighted by molar-refractivity contribution is 7.09. The van der Waals surface area contributed by atoms with Crippen molar-refractivity contribution < 1.29 is 14.3 Å². The van der Waals surface area contributed by atoms with Crippen LogP contribution >= 0.6 is 11.3 Å². The number of aromatic nitrogens is 1. The summed E-state index contributed by atoms with van der Waals surface area (Å²) in [5.74, 6) is -0.850. The third kappa shape index (κ3) is 4.38. The lowest BCUT2D eigenvalue weighted by Gasteiger charge is -2.09. The zero-order valence-corrected chi connectivity index (χ0v) is 16.6. The van der Waals surface area contributed by atoms with Crippen molar-refractivity contribution in [3.05, 3.63) is 80.8 Å². The molecule has 0 aliphatic carbocycles. The van der Waals surface area contributed by atoms with E-state index in [9.17, 15) is 9.59 Å². The summed E-state index contributed by atoms with van der Waals surface area (Å²) < 4.78 is 7.28. The van der Waals surface area contributed by atoms with Gasteiger partial charge < -0.3 is 9.30 Å². The minimum atomic E-state index is -0.614. The molecule has 28 heavy (non-hydrogen) atoms. The number of rotatable bonds is 7. The smallest absolute Gasteiger partial charge is 0.338 e. The molecule has 0 amide bonds. The van der Waals surface area contributed by atoms with Gasteiger partial charge in [-0.05, 0) is 56.0 Å². The molecule has 0 radical (unpaired) electrons. The number of nitrogens with zero attached hydrogens (tertiary/aromatic N) is 2. The fourth-order valence-corrected chi connectivity index (χ4v) is 3.81. The summed E-state index contributed by atoms with van der Waals surface area (Å²) in [6, 6.07) is 14.2. The van der Waals surface area contributed by atoms with Crippen molar-refractivity contribution >= 4 is 23.1 Å². The number of carbonyl (C=O) groups excluding carboxylic acids is 2. The molecule has 0 fully saturated rings. The van der Waals surface area contributed by atoms with Gasteiger partial charge in [-0.2, -0.15) is 5.26 Å². The minimum absolute atomic E-state index is 0.236. The van der Waals surface area contributed by atoms with E-state index in [0.29, 0.717) is 11.1 Å². The van der Waals surface area contributed by atoms with Gasteiger partial charge in [-0.3, -0.25) is 4.79 Å². The molecule has 0 aliphatic heterocycles. The molecule has 0 saturated carbocycles. The Bertz CT molecular complexity index is 1040. The Morgan fingerprint density at radius 1 is 1.18 bits per heavy atom. The van der Waals surface area contributed by atoms with E-state index >= 15 is 0 Å². The van der Waals surface area contributed by atoms with Crippen LogP contribution in [0.25, 0.3) is 0 Å². The molecule has 0 bridgehead atoms. The number of hydrogen-bond acceptors (Lipinski definition) is 5. The highest BCUT2D eigenvalue weighted by Gasteiger charge is 2.18. The van der Waals surface area contributed by atoms with Crippen molar-refractivity contribution in [3.63, 3.8) is 0 Å². The van der Waals surface area contributed by atoms with E-state index in [-0.39, 0.29) is 18.0 Å². The molecule has 0 N–H and O–H groups in total. The number of benzene rings is 1. The maximum absolute atomic E-state index is 12.6. The lowest BCUT2D eigenvalue weighted by molar-refractivity contribution is 0.0474. The van der Waals surface area contributed by atoms with Gasteiger partial charge in [0.15, 0.2) is 6.61 Å². The number of ketones is 1. The number of carbonyl (C=O) groups is 2. The van der Waals surface area contributed by atoms with Crippen LogP contribution in [-0.2, 0) is 17.7 Å². The SMILES string of the molecule is Cc1cc(C(=O)COC(=O)c2cccc(C#N)c2)c(C)n1CCc1cccs1. The summed E-state index contributed by atoms with van der Waals surface area (Å²) >= 11 is 1.72. The largest absolute Gasteiger partial charge is 0.454 e. The molecule has 6 heteroatoms. The first-order chi connectivity index (χ1) is 13.5. The monoisotopic (exact) mass is 392 g/mol. The third-order valence-corrected chi connectivity index (χ3v) is 5.53. The number of Topliss-reactive ketones (excluding diaryl/α,β-unsaturated/α-hetero) is 1. The first-order valence-electron chi connectivity index (χ1n) is 8.89. The maximum Gasteiger partial charge on any atom is 0.338 e. The fourth-order valence-electron chi connectivity index (χ4n) is 3.11. The maximum atomic E-state index is 12.6. The Kier molecular flexibility index (Phi) is 6.07. The summed E-state index contributed by atoms with van der Waals surface area (Å²) in [4.78, 5) is 26.0. The van der Waals surface area contributed by atoms with Gasteiger partial charge in [0.1, 0.15) is 0 Å². The van der Waals surface area contributed by atoms with Gasteiger partial charge in [-0.1, -0.05) is 12.1 Å². The lowest BCUT2D eigenvalue weighted by atomic mass is 10.1. The molecule has 0 atom stereocenters. The van der Waals surface area contributed by atoms with Gasteiger partial charge >= 0.3 is 5.97 Å². The number of hydrogen-bond donors (Lipinski definition) is 0. The molecular weight excluding hydrogens is 372 g/mol. The second-order valence-corrected chi connectivity index (χ2v) is 7.49. The molecule has 0 unspecified atom stereocenters. The van der Waals surface area contributed by atoms with E-state index in [2.05, 4.69) is 16.0 Å². The first kappa shape index (κ1) is 19.6. The summed E-state index contributed by atoms with van der Waals surface area (Å²) in [7, 11) is 0.